The van der Waals surface area contributed by atoms with Crippen LogP contribution in [0.5, 0.6) is 0 Å². The molecule has 0 aliphatic carbocycles. The van der Waals surface area contributed by atoms with Crippen molar-refractivity contribution in [2.24, 2.45) is 0 Å². The molecule has 1 N–H and O–H groups in total. The Labute approximate surface area is 111 Å². The van der Waals surface area contributed by atoms with Crippen LogP contribution in [0.2, 0.25) is 0 Å². The van der Waals surface area contributed by atoms with E-state index in [1.165, 1.54) is 11.1 Å². The van der Waals surface area contributed by atoms with Crippen LogP contribution in [-0.4, -0.2) is 0 Å². The molecule has 2 heteroatoms. The predicted molar refractivity (Wildman–Crippen MR) is 78.3 cm³/mol. The first kappa shape index (κ1) is 11.1. The topological polar surface area (TPSA) is 12.0 Å². The Kier molecular flexibility index (Phi) is 3.11. The standard InChI is InChI=1S/C16H12NS/c1-2-6-13(7-3-1)15-8-4-5-9-16(15)17-14-10-11-18-12-14/h1-11,17H. The molecule has 18 heavy (non-hydrogen) atoms. The van der Waals surface area contributed by atoms with Crippen molar-refractivity contribution < 1.29 is 0 Å². The van der Waals surface area contributed by atoms with Crippen molar-refractivity contribution >= 4 is 22.7 Å². The largest absolute Gasteiger partial charge is 0.354 e. The fourth-order valence-corrected chi connectivity index (χ4v) is 2.43. The lowest BCUT2D eigenvalue weighted by molar-refractivity contribution is 1.56. The number of rotatable bonds is 3. The van der Waals surface area contributed by atoms with Gasteiger partial charge in [-0.1, -0.05) is 48.5 Å². The van der Waals surface area contributed by atoms with Crippen LogP contribution in [0.15, 0.2) is 66.0 Å². The van der Waals surface area contributed by atoms with Gasteiger partial charge in [-0.3, -0.25) is 0 Å². The molecule has 0 unspecified atom stereocenters. The van der Waals surface area contributed by atoms with E-state index in [1.807, 2.05) is 23.6 Å². The fourth-order valence-electron chi connectivity index (χ4n) is 1.91. The lowest BCUT2D eigenvalue weighted by Crippen LogP contribution is -1.91. The molecular formula is C16H12NS. The molecule has 1 radical (unpaired) electrons. The van der Waals surface area contributed by atoms with Crippen LogP contribution in [0.25, 0.3) is 11.1 Å². The molecule has 87 valence electrons. The molecule has 0 spiro atoms. The molecular weight excluding hydrogens is 238 g/mol. The van der Waals surface area contributed by atoms with Crippen LogP contribution in [0.1, 0.15) is 0 Å². The second-order valence-corrected chi connectivity index (χ2v) is 4.68. The summed E-state index contributed by atoms with van der Waals surface area (Å²) in [4.78, 5) is 0. The first-order chi connectivity index (χ1) is 8.93. The maximum atomic E-state index is 3.41. The van der Waals surface area contributed by atoms with Crippen molar-refractivity contribution in [3.63, 3.8) is 0 Å². The van der Waals surface area contributed by atoms with Crippen LogP contribution in [0.3, 0.4) is 0 Å². The average Bonchev–Trinajstić information content (AvgIpc) is 2.93. The first-order valence-electron chi connectivity index (χ1n) is 5.80. The molecule has 0 fully saturated rings. The quantitative estimate of drug-likeness (QED) is 0.692. The number of hydrogen-bond donors (Lipinski definition) is 1. The molecule has 3 rings (SSSR count). The summed E-state index contributed by atoms with van der Waals surface area (Å²) in [6.45, 7) is 0. The summed E-state index contributed by atoms with van der Waals surface area (Å²) in [7, 11) is 0. The minimum atomic E-state index is 1.02. The summed E-state index contributed by atoms with van der Waals surface area (Å²) < 4.78 is 0. The number of nitrogens with one attached hydrogen (secondary N) is 1. The smallest absolute Gasteiger partial charge is 0.0698 e. The van der Waals surface area contributed by atoms with Gasteiger partial charge in [0.05, 0.1) is 11.1 Å². The van der Waals surface area contributed by atoms with Gasteiger partial charge in [0, 0.05) is 11.3 Å². The van der Waals surface area contributed by atoms with E-state index in [1.54, 1.807) is 11.3 Å². The molecule has 0 amide bonds. The lowest BCUT2D eigenvalue weighted by Gasteiger charge is -2.10. The number of benzene rings is 2. The minimum Gasteiger partial charge on any atom is -0.354 e. The second kappa shape index (κ2) is 5.07. The van der Waals surface area contributed by atoms with Gasteiger partial charge >= 0.3 is 0 Å². The second-order valence-electron chi connectivity index (χ2n) is 3.97. The van der Waals surface area contributed by atoms with Crippen molar-refractivity contribution in [1.29, 1.82) is 0 Å². The highest BCUT2D eigenvalue weighted by molar-refractivity contribution is 7.07. The third kappa shape index (κ3) is 2.29. The van der Waals surface area contributed by atoms with Crippen LogP contribution < -0.4 is 5.32 Å². The predicted octanol–water partition coefficient (Wildman–Crippen LogP) is 4.96. The molecule has 0 saturated carbocycles. The SMILES string of the molecule is [c]1sccc1Nc1ccccc1-c1ccccc1. The van der Waals surface area contributed by atoms with Gasteiger partial charge in [0.15, 0.2) is 0 Å². The van der Waals surface area contributed by atoms with Gasteiger partial charge in [0.1, 0.15) is 0 Å². The number of hydrogen-bond acceptors (Lipinski definition) is 2. The van der Waals surface area contributed by atoms with Crippen LogP contribution >= 0.6 is 11.3 Å². The summed E-state index contributed by atoms with van der Waals surface area (Å²) in [6.07, 6.45) is 0. The Morgan fingerprint density at radius 1 is 0.833 bits per heavy atom. The maximum absolute atomic E-state index is 3.41. The van der Waals surface area contributed by atoms with E-state index in [2.05, 4.69) is 53.2 Å². The number of thiophene rings is 1. The van der Waals surface area contributed by atoms with E-state index in [4.69, 9.17) is 0 Å². The molecule has 0 atom stereocenters. The summed E-state index contributed by atoms with van der Waals surface area (Å²) in [5.41, 5.74) is 4.55. The van der Waals surface area contributed by atoms with Gasteiger partial charge in [0.2, 0.25) is 0 Å². The molecule has 0 saturated heterocycles. The van der Waals surface area contributed by atoms with Crippen molar-refractivity contribution in [3.05, 3.63) is 71.4 Å². The summed E-state index contributed by atoms with van der Waals surface area (Å²) >= 11 is 1.57. The highest BCUT2D eigenvalue weighted by Gasteiger charge is 2.04. The third-order valence-electron chi connectivity index (χ3n) is 2.75. The first-order valence-corrected chi connectivity index (χ1v) is 6.68. The average molecular weight is 250 g/mol. The van der Waals surface area contributed by atoms with Gasteiger partial charge in [-0.15, -0.1) is 11.3 Å². The van der Waals surface area contributed by atoms with Gasteiger partial charge in [-0.2, -0.15) is 0 Å². The van der Waals surface area contributed by atoms with Crippen molar-refractivity contribution in [1.82, 2.24) is 0 Å². The molecule has 2 aromatic carbocycles. The Bertz CT molecular complexity index is 615. The van der Waals surface area contributed by atoms with Crippen molar-refractivity contribution in [3.8, 4) is 11.1 Å². The minimum absolute atomic E-state index is 1.02. The molecule has 0 aliphatic heterocycles. The van der Waals surface area contributed by atoms with Gasteiger partial charge in [-0.25, -0.2) is 0 Å². The zero-order valence-electron chi connectivity index (χ0n) is 9.76. The van der Waals surface area contributed by atoms with Crippen molar-refractivity contribution in [2.45, 2.75) is 0 Å². The summed E-state index contributed by atoms with van der Waals surface area (Å²) in [5, 5.41) is 8.62. The lowest BCUT2D eigenvalue weighted by atomic mass is 10.0. The Morgan fingerprint density at radius 3 is 2.39 bits per heavy atom. The highest BCUT2D eigenvalue weighted by Crippen LogP contribution is 2.30. The Balaban J connectivity index is 2.00. The molecule has 0 bridgehead atoms. The van der Waals surface area contributed by atoms with E-state index < -0.39 is 0 Å². The van der Waals surface area contributed by atoms with E-state index in [0.29, 0.717) is 0 Å². The van der Waals surface area contributed by atoms with E-state index in [0.717, 1.165) is 11.4 Å². The summed E-state index contributed by atoms with van der Waals surface area (Å²) in [5.74, 6) is 0. The normalized spacial score (nSPS) is 10.2. The van der Waals surface area contributed by atoms with Crippen LogP contribution in [0.4, 0.5) is 11.4 Å². The van der Waals surface area contributed by atoms with Crippen molar-refractivity contribution in [2.75, 3.05) is 5.32 Å². The zero-order valence-corrected chi connectivity index (χ0v) is 10.6. The van der Waals surface area contributed by atoms with Gasteiger partial charge in [0.25, 0.3) is 0 Å². The van der Waals surface area contributed by atoms with Gasteiger partial charge in [-0.05, 0) is 23.1 Å². The number of para-hydroxylation sites is 1. The summed E-state index contributed by atoms with van der Waals surface area (Å²) in [6, 6.07) is 20.8. The highest BCUT2D eigenvalue weighted by atomic mass is 32.1. The van der Waals surface area contributed by atoms with Gasteiger partial charge < -0.3 is 5.32 Å². The molecule has 1 nitrogen and oxygen atoms in total. The fraction of sp³-hybridized carbons (Fsp3) is 0. The molecule has 0 aliphatic rings. The Hall–Kier alpha value is -2.06. The van der Waals surface area contributed by atoms with E-state index in [-0.39, 0.29) is 0 Å². The zero-order chi connectivity index (χ0) is 12.2. The third-order valence-corrected chi connectivity index (χ3v) is 3.36. The molecule has 3 aromatic rings. The molecule has 1 heterocycles. The Morgan fingerprint density at radius 2 is 1.61 bits per heavy atom. The number of anilines is 2. The van der Waals surface area contributed by atoms with Crippen LogP contribution in [-0.2, 0) is 0 Å². The molecule has 1 aromatic heterocycles. The monoisotopic (exact) mass is 250 g/mol. The van der Waals surface area contributed by atoms with E-state index >= 15 is 0 Å². The maximum Gasteiger partial charge on any atom is 0.0698 e. The van der Waals surface area contributed by atoms with E-state index in [9.17, 15) is 0 Å². The van der Waals surface area contributed by atoms with Crippen LogP contribution in [0, 0.1) is 5.38 Å².